The summed E-state index contributed by atoms with van der Waals surface area (Å²) in [6.45, 7) is 14.1. The minimum atomic E-state index is -3.82. The number of amides is 2. The molecule has 6 rings (SSSR count). The van der Waals surface area contributed by atoms with Crippen molar-refractivity contribution in [1.29, 1.82) is 0 Å². The Balaban J connectivity index is 1.49. The van der Waals surface area contributed by atoms with Crippen molar-refractivity contribution >= 4 is 44.4 Å². The van der Waals surface area contributed by atoms with Gasteiger partial charge in [-0.1, -0.05) is 44.4 Å². The van der Waals surface area contributed by atoms with E-state index >= 15 is 0 Å². The summed E-state index contributed by atoms with van der Waals surface area (Å²) in [4.78, 5) is 32.3. The summed E-state index contributed by atoms with van der Waals surface area (Å²) in [7, 11) is -2.16. The highest BCUT2D eigenvalue weighted by Gasteiger charge is 2.29. The van der Waals surface area contributed by atoms with E-state index in [9.17, 15) is 18.0 Å². The molecule has 2 fully saturated rings. The van der Waals surface area contributed by atoms with E-state index in [1.54, 1.807) is 27.0 Å². The third-order valence-electron chi connectivity index (χ3n) is 11.1. The third-order valence-corrected chi connectivity index (χ3v) is 12.8. The van der Waals surface area contributed by atoms with Crippen LogP contribution in [0.5, 0.6) is 5.75 Å². The predicted molar refractivity (Wildman–Crippen MR) is 218 cm³/mol. The molecule has 290 valence electrons. The summed E-state index contributed by atoms with van der Waals surface area (Å²) >= 11 is 0. The Morgan fingerprint density at radius 1 is 0.963 bits per heavy atom. The van der Waals surface area contributed by atoms with Crippen molar-refractivity contribution in [2.24, 2.45) is 0 Å². The highest BCUT2D eigenvalue weighted by molar-refractivity contribution is 7.90. The number of ether oxygens (including phenoxy) is 1. The number of fused-ring (bicyclic) bond motifs is 1. The highest BCUT2D eigenvalue weighted by atomic mass is 32.2. The number of nitrogens with zero attached hydrogens (tertiary/aromatic N) is 4. The zero-order chi connectivity index (χ0) is 38.6. The number of carbonyl (C=O) groups is 2. The Bertz CT molecular complexity index is 2100. The summed E-state index contributed by atoms with van der Waals surface area (Å²) < 4.78 is 37.6. The second-order valence-electron chi connectivity index (χ2n) is 15.5. The van der Waals surface area contributed by atoms with Crippen molar-refractivity contribution in [2.75, 3.05) is 39.8 Å². The van der Waals surface area contributed by atoms with Gasteiger partial charge in [0.1, 0.15) is 5.75 Å². The molecule has 2 aromatic heterocycles. The first-order valence-electron chi connectivity index (χ1n) is 19.7. The molecular formula is C43H57N5O5S. The number of aromatic nitrogens is 2. The van der Waals surface area contributed by atoms with Crippen LogP contribution < -0.4 is 9.46 Å². The number of carbonyl (C=O) groups excluding carboxylic acids is 2. The number of piperazine rings is 1. The number of allylic oxidation sites excluding steroid dienone is 1. The first kappa shape index (κ1) is 39.3. The molecule has 1 aliphatic heterocycles. The van der Waals surface area contributed by atoms with Crippen LogP contribution in [0.4, 0.5) is 0 Å². The van der Waals surface area contributed by atoms with Crippen molar-refractivity contribution in [2.45, 2.75) is 96.9 Å². The van der Waals surface area contributed by atoms with Gasteiger partial charge in [0.05, 0.1) is 23.6 Å². The topological polar surface area (TPSA) is 106 Å². The van der Waals surface area contributed by atoms with Crippen molar-refractivity contribution in [3.8, 4) is 5.75 Å². The van der Waals surface area contributed by atoms with Gasteiger partial charge in [-0.25, -0.2) is 13.1 Å². The van der Waals surface area contributed by atoms with E-state index in [0.29, 0.717) is 31.1 Å². The van der Waals surface area contributed by atoms with Gasteiger partial charge in [0, 0.05) is 67.6 Å². The summed E-state index contributed by atoms with van der Waals surface area (Å²) in [6.07, 6.45) is 13.3. The third kappa shape index (κ3) is 8.62. The number of methoxy groups -OCH3 is 1. The van der Waals surface area contributed by atoms with Crippen molar-refractivity contribution in [3.05, 3.63) is 88.9 Å². The first-order valence-corrected chi connectivity index (χ1v) is 21.2. The maximum absolute atomic E-state index is 14.5. The van der Waals surface area contributed by atoms with E-state index < -0.39 is 21.2 Å². The quantitative estimate of drug-likeness (QED) is 0.149. The first-order chi connectivity index (χ1) is 25.9. The normalized spacial score (nSPS) is 16.4. The van der Waals surface area contributed by atoms with Gasteiger partial charge in [0.25, 0.3) is 11.8 Å². The molecule has 2 amide bonds. The molecule has 1 N–H and O–H groups in total. The molecule has 1 aliphatic carbocycles. The monoisotopic (exact) mass is 755 g/mol. The average molecular weight is 756 g/mol. The lowest BCUT2D eigenvalue weighted by Gasteiger charge is -2.34. The lowest BCUT2D eigenvalue weighted by molar-refractivity contribution is 0.0637. The molecule has 1 saturated carbocycles. The van der Waals surface area contributed by atoms with Gasteiger partial charge >= 0.3 is 0 Å². The molecule has 54 heavy (non-hydrogen) atoms. The minimum Gasteiger partial charge on any atom is -0.497 e. The van der Waals surface area contributed by atoms with Crippen LogP contribution in [-0.4, -0.2) is 84.2 Å². The molecule has 3 heterocycles. The van der Waals surface area contributed by atoms with Gasteiger partial charge in [-0.05, 0) is 113 Å². The van der Waals surface area contributed by atoms with E-state index in [0.717, 1.165) is 72.4 Å². The molecule has 11 heteroatoms. The Morgan fingerprint density at radius 3 is 2.37 bits per heavy atom. The Labute approximate surface area is 321 Å². The highest BCUT2D eigenvalue weighted by Crippen LogP contribution is 2.39. The number of nitrogens with one attached hydrogen (secondary N) is 1. The van der Waals surface area contributed by atoms with E-state index in [1.807, 2.05) is 53.6 Å². The van der Waals surface area contributed by atoms with Crippen LogP contribution in [0.1, 0.15) is 123 Å². The SMILES string of the molecule is CCCN1CCN(C(=O)c2ccn(C(C)C)c2/C(=C/c2cccc(OC)c2)Cn2cc(C3CCCCC3)c3ccc(C(=O)NS(=O)(=O)C(C)C)cc32)CC1. The molecule has 0 bridgehead atoms. The minimum absolute atomic E-state index is 0.0302. The van der Waals surface area contributed by atoms with E-state index in [1.165, 1.54) is 24.8 Å². The largest absolute Gasteiger partial charge is 0.497 e. The van der Waals surface area contributed by atoms with Crippen LogP contribution in [0.2, 0.25) is 0 Å². The summed E-state index contributed by atoms with van der Waals surface area (Å²) in [5.41, 5.74) is 5.80. The smallest absolute Gasteiger partial charge is 0.264 e. The number of hydrogen-bond acceptors (Lipinski definition) is 6. The Kier molecular flexibility index (Phi) is 12.4. The second-order valence-corrected chi connectivity index (χ2v) is 17.7. The van der Waals surface area contributed by atoms with Gasteiger partial charge in [0.2, 0.25) is 10.0 Å². The summed E-state index contributed by atoms with van der Waals surface area (Å²) in [5, 5.41) is 0.317. The number of rotatable bonds is 13. The maximum atomic E-state index is 14.5. The number of hydrogen-bond donors (Lipinski definition) is 1. The second kappa shape index (κ2) is 17.0. The van der Waals surface area contributed by atoms with Gasteiger partial charge in [-0.2, -0.15) is 0 Å². The van der Waals surface area contributed by atoms with Crippen LogP contribution in [0, 0.1) is 0 Å². The zero-order valence-electron chi connectivity index (χ0n) is 32.8. The average Bonchev–Trinajstić information content (AvgIpc) is 3.77. The molecule has 0 atom stereocenters. The van der Waals surface area contributed by atoms with E-state index in [2.05, 4.69) is 51.8 Å². The fraction of sp³-hybridized carbons (Fsp3) is 0.488. The van der Waals surface area contributed by atoms with Gasteiger partial charge in [0.15, 0.2) is 0 Å². The van der Waals surface area contributed by atoms with Crippen LogP contribution in [0.15, 0.2) is 60.9 Å². The zero-order valence-corrected chi connectivity index (χ0v) is 33.6. The Hall–Kier alpha value is -4.35. The fourth-order valence-corrected chi connectivity index (χ4v) is 8.60. The van der Waals surface area contributed by atoms with E-state index in [-0.39, 0.29) is 17.5 Å². The molecule has 4 aromatic rings. The molecule has 1 saturated heterocycles. The van der Waals surface area contributed by atoms with Gasteiger partial charge < -0.3 is 18.8 Å². The van der Waals surface area contributed by atoms with Crippen molar-refractivity contribution in [3.63, 3.8) is 0 Å². The molecule has 2 aliphatic rings. The molecule has 0 radical (unpaired) electrons. The lowest BCUT2D eigenvalue weighted by Crippen LogP contribution is -2.48. The molecule has 0 spiro atoms. The Morgan fingerprint density at radius 2 is 1.70 bits per heavy atom. The van der Waals surface area contributed by atoms with Crippen LogP contribution in [0.25, 0.3) is 22.6 Å². The van der Waals surface area contributed by atoms with Gasteiger partial charge in [-0.3, -0.25) is 14.5 Å². The summed E-state index contributed by atoms with van der Waals surface area (Å²) in [6, 6.07) is 15.5. The van der Waals surface area contributed by atoms with Gasteiger partial charge in [-0.15, -0.1) is 0 Å². The molecule has 2 aromatic carbocycles. The van der Waals surface area contributed by atoms with Crippen molar-refractivity contribution in [1.82, 2.24) is 23.7 Å². The van der Waals surface area contributed by atoms with E-state index in [4.69, 9.17) is 4.74 Å². The van der Waals surface area contributed by atoms with Crippen LogP contribution in [-0.2, 0) is 16.6 Å². The maximum Gasteiger partial charge on any atom is 0.264 e. The molecular weight excluding hydrogens is 699 g/mol. The summed E-state index contributed by atoms with van der Waals surface area (Å²) in [5.74, 6) is 0.506. The lowest BCUT2D eigenvalue weighted by atomic mass is 9.84. The van der Waals surface area contributed by atoms with Crippen LogP contribution >= 0.6 is 0 Å². The standard InChI is InChI=1S/C43H57N5O5S/c1-7-19-45-21-23-46(24-22-45)43(50)38-18-20-48(30(2)3)41(38)35(25-32-12-11-15-36(26-32)53-6)28-47-29-39(33-13-9-8-10-14-33)37-17-16-34(27-40(37)47)42(49)44-54(51,52)31(4)5/h11-12,15-18,20,25-27,29-31,33H,7-10,13-14,19,21-24,28H2,1-6H3,(H,44,49)/b35-25+. The molecule has 0 unspecified atom stereocenters. The number of sulfonamides is 1. The van der Waals surface area contributed by atoms with Crippen LogP contribution in [0.3, 0.4) is 0 Å². The predicted octanol–water partition coefficient (Wildman–Crippen LogP) is 7.96. The fourth-order valence-electron chi connectivity index (χ4n) is 7.99. The molecule has 10 nitrogen and oxygen atoms in total. The number of benzene rings is 2. The van der Waals surface area contributed by atoms with Crippen molar-refractivity contribution < 1.29 is 22.7 Å².